The Balaban J connectivity index is 2.18. The first-order valence-electron chi connectivity index (χ1n) is 4.65. The van der Waals surface area contributed by atoms with Crippen LogP contribution in [0.15, 0.2) is 23.0 Å². The molecule has 1 aromatic carbocycles. The fraction of sp³-hybridized carbons (Fsp3) is 0.100. The molecule has 0 saturated heterocycles. The van der Waals surface area contributed by atoms with Crippen molar-refractivity contribution in [3.05, 3.63) is 28.6 Å². The van der Waals surface area contributed by atoms with Gasteiger partial charge in [0.25, 0.3) is 5.56 Å². The lowest BCUT2D eigenvalue weighted by Gasteiger charge is -1.99. The first-order chi connectivity index (χ1) is 7.75. The van der Waals surface area contributed by atoms with E-state index in [-0.39, 0.29) is 23.8 Å². The Morgan fingerprint density at radius 3 is 2.75 bits per heavy atom. The third-order valence-electron chi connectivity index (χ3n) is 2.42. The monoisotopic (exact) mass is 220 g/mol. The molecule has 0 aliphatic carbocycles. The molecule has 1 aliphatic heterocycles. The molecule has 1 aliphatic rings. The second-order valence-electron chi connectivity index (χ2n) is 3.37. The average molecular weight is 220 g/mol. The molecule has 0 atom stereocenters. The van der Waals surface area contributed by atoms with Gasteiger partial charge >= 0.3 is 0 Å². The molecule has 0 saturated carbocycles. The second-order valence-corrected chi connectivity index (χ2v) is 3.37. The second kappa shape index (κ2) is 3.06. The normalized spacial score (nSPS) is 13.0. The molecular formula is C10H8N2O4. The third-order valence-corrected chi connectivity index (χ3v) is 2.42. The van der Waals surface area contributed by atoms with Crippen molar-refractivity contribution in [1.29, 1.82) is 0 Å². The van der Waals surface area contributed by atoms with Gasteiger partial charge in [0.05, 0.1) is 0 Å². The molecular weight excluding hydrogens is 212 g/mol. The Hall–Kier alpha value is -2.37. The summed E-state index contributed by atoms with van der Waals surface area (Å²) in [6.07, 6.45) is 0. The van der Waals surface area contributed by atoms with Gasteiger partial charge in [-0.1, -0.05) is 6.07 Å². The van der Waals surface area contributed by atoms with E-state index in [4.69, 9.17) is 9.47 Å². The number of hydrogen-bond acceptors (Lipinski definition) is 4. The Morgan fingerprint density at radius 1 is 1.19 bits per heavy atom. The molecule has 1 aromatic heterocycles. The standard InChI is InChI=1S/C10H8N2O4/c13-9-8(10(14)12-11-9)5-1-2-6-7(3-5)16-4-15-6/h1-3H,4H2,(H3,11,12,13,14). The van der Waals surface area contributed by atoms with E-state index >= 15 is 0 Å². The van der Waals surface area contributed by atoms with Crippen molar-refractivity contribution in [1.82, 2.24) is 10.2 Å². The number of ether oxygens (including phenoxy) is 2. The number of aromatic nitrogens is 2. The number of aromatic hydroxyl groups is 1. The maximum atomic E-state index is 11.4. The summed E-state index contributed by atoms with van der Waals surface area (Å²) in [5, 5.41) is 14.1. The SMILES string of the molecule is O=c1[nH][nH]c(O)c1-c1ccc2c(c1)OCO2. The Morgan fingerprint density at radius 2 is 2.00 bits per heavy atom. The van der Waals surface area contributed by atoms with Gasteiger partial charge in [-0.2, -0.15) is 0 Å². The zero-order chi connectivity index (χ0) is 11.1. The highest BCUT2D eigenvalue weighted by atomic mass is 16.7. The minimum Gasteiger partial charge on any atom is -0.493 e. The van der Waals surface area contributed by atoms with Crippen LogP contribution in [-0.2, 0) is 0 Å². The number of aromatic amines is 2. The lowest BCUT2D eigenvalue weighted by molar-refractivity contribution is 0.174. The number of H-pyrrole nitrogens is 2. The van der Waals surface area contributed by atoms with Crippen molar-refractivity contribution in [3.63, 3.8) is 0 Å². The fourth-order valence-electron chi connectivity index (χ4n) is 1.67. The van der Waals surface area contributed by atoms with Gasteiger partial charge in [-0.3, -0.25) is 15.0 Å². The minimum absolute atomic E-state index is 0.175. The molecule has 0 fully saturated rings. The number of rotatable bonds is 1. The lowest BCUT2D eigenvalue weighted by atomic mass is 10.1. The van der Waals surface area contributed by atoms with E-state index in [0.29, 0.717) is 17.1 Å². The summed E-state index contributed by atoms with van der Waals surface area (Å²) >= 11 is 0. The topological polar surface area (TPSA) is 87.3 Å². The molecule has 0 bridgehead atoms. The average Bonchev–Trinajstić information content (AvgIpc) is 2.85. The maximum Gasteiger partial charge on any atom is 0.275 e. The van der Waals surface area contributed by atoms with Crippen molar-refractivity contribution in [2.24, 2.45) is 0 Å². The van der Waals surface area contributed by atoms with Crippen LogP contribution in [0.25, 0.3) is 11.1 Å². The van der Waals surface area contributed by atoms with Crippen LogP contribution in [0, 0.1) is 0 Å². The molecule has 16 heavy (non-hydrogen) atoms. The van der Waals surface area contributed by atoms with Gasteiger partial charge in [0.2, 0.25) is 12.7 Å². The first kappa shape index (κ1) is 8.90. The van der Waals surface area contributed by atoms with Crippen LogP contribution in [0.4, 0.5) is 0 Å². The summed E-state index contributed by atoms with van der Waals surface area (Å²) in [5.41, 5.74) is 0.388. The van der Waals surface area contributed by atoms with Crippen LogP contribution < -0.4 is 15.0 Å². The molecule has 6 nitrogen and oxygen atoms in total. The molecule has 2 heterocycles. The largest absolute Gasteiger partial charge is 0.493 e. The highest BCUT2D eigenvalue weighted by Gasteiger charge is 2.17. The van der Waals surface area contributed by atoms with Gasteiger partial charge in [0, 0.05) is 0 Å². The summed E-state index contributed by atoms with van der Waals surface area (Å²) < 4.78 is 10.3. The van der Waals surface area contributed by atoms with E-state index in [2.05, 4.69) is 10.2 Å². The van der Waals surface area contributed by atoms with E-state index in [9.17, 15) is 9.90 Å². The zero-order valence-corrected chi connectivity index (χ0v) is 8.11. The summed E-state index contributed by atoms with van der Waals surface area (Å²) in [6.45, 7) is 0.175. The van der Waals surface area contributed by atoms with E-state index in [1.54, 1.807) is 18.2 Å². The maximum absolute atomic E-state index is 11.4. The van der Waals surface area contributed by atoms with Gasteiger partial charge in [-0.25, -0.2) is 0 Å². The van der Waals surface area contributed by atoms with Crippen molar-refractivity contribution in [2.45, 2.75) is 0 Å². The highest BCUT2D eigenvalue weighted by molar-refractivity contribution is 5.70. The fourth-order valence-corrected chi connectivity index (χ4v) is 1.67. The van der Waals surface area contributed by atoms with E-state index < -0.39 is 0 Å². The van der Waals surface area contributed by atoms with Gasteiger partial charge in [0.1, 0.15) is 5.56 Å². The summed E-state index contributed by atoms with van der Waals surface area (Å²) in [4.78, 5) is 11.4. The van der Waals surface area contributed by atoms with E-state index in [1.807, 2.05) is 0 Å². The lowest BCUT2D eigenvalue weighted by Crippen LogP contribution is -2.01. The van der Waals surface area contributed by atoms with Crippen LogP contribution in [0.5, 0.6) is 17.4 Å². The van der Waals surface area contributed by atoms with Crippen molar-refractivity contribution < 1.29 is 14.6 Å². The Kier molecular flexibility index (Phi) is 1.70. The van der Waals surface area contributed by atoms with Gasteiger partial charge < -0.3 is 14.6 Å². The van der Waals surface area contributed by atoms with Crippen molar-refractivity contribution >= 4 is 0 Å². The van der Waals surface area contributed by atoms with Gasteiger partial charge in [-0.15, -0.1) is 0 Å². The molecule has 6 heteroatoms. The molecule has 0 amide bonds. The molecule has 82 valence electrons. The van der Waals surface area contributed by atoms with E-state index in [0.717, 1.165) is 0 Å². The van der Waals surface area contributed by atoms with Crippen LogP contribution in [0.3, 0.4) is 0 Å². The summed E-state index contributed by atoms with van der Waals surface area (Å²) in [7, 11) is 0. The van der Waals surface area contributed by atoms with Crippen LogP contribution in [0.1, 0.15) is 0 Å². The van der Waals surface area contributed by atoms with Crippen LogP contribution >= 0.6 is 0 Å². The number of benzene rings is 1. The summed E-state index contributed by atoms with van der Waals surface area (Å²) in [6, 6.07) is 5.04. The van der Waals surface area contributed by atoms with Crippen LogP contribution in [-0.4, -0.2) is 22.1 Å². The first-order valence-corrected chi connectivity index (χ1v) is 4.65. The zero-order valence-electron chi connectivity index (χ0n) is 8.11. The molecule has 2 aromatic rings. The van der Waals surface area contributed by atoms with Crippen molar-refractivity contribution in [3.8, 4) is 28.5 Å². The molecule has 3 rings (SSSR count). The summed E-state index contributed by atoms with van der Waals surface area (Å²) in [5.74, 6) is 1.01. The Bertz CT molecular complexity index is 599. The predicted octanol–water partition coefficient (Wildman–Crippen LogP) is 0.804. The van der Waals surface area contributed by atoms with Crippen LogP contribution in [0.2, 0.25) is 0 Å². The third kappa shape index (κ3) is 1.16. The van der Waals surface area contributed by atoms with Crippen molar-refractivity contribution in [2.75, 3.05) is 6.79 Å². The minimum atomic E-state index is -0.378. The molecule has 0 radical (unpaired) electrons. The molecule has 0 unspecified atom stereocenters. The van der Waals surface area contributed by atoms with Gasteiger partial charge in [0.15, 0.2) is 11.5 Å². The van der Waals surface area contributed by atoms with E-state index in [1.165, 1.54) is 0 Å². The predicted molar refractivity (Wildman–Crippen MR) is 54.6 cm³/mol. The number of fused-ring (bicyclic) bond motifs is 1. The smallest absolute Gasteiger partial charge is 0.275 e. The highest BCUT2D eigenvalue weighted by Crippen LogP contribution is 2.36. The number of hydrogen-bond donors (Lipinski definition) is 3. The van der Waals surface area contributed by atoms with Gasteiger partial charge in [-0.05, 0) is 17.7 Å². The quantitative estimate of drug-likeness (QED) is 0.663. The molecule has 3 N–H and O–H groups in total. The number of nitrogens with one attached hydrogen (secondary N) is 2. The molecule has 0 spiro atoms. The Labute approximate surface area is 89.4 Å².